The van der Waals surface area contributed by atoms with E-state index < -0.39 is 17.9 Å². The third-order valence-electron chi connectivity index (χ3n) is 4.52. The van der Waals surface area contributed by atoms with Crippen LogP contribution in [0.3, 0.4) is 0 Å². The molecule has 0 saturated carbocycles. The molecular formula is C18H21N3O4. The van der Waals surface area contributed by atoms with Crippen molar-refractivity contribution in [3.63, 3.8) is 0 Å². The van der Waals surface area contributed by atoms with Gasteiger partial charge in [0, 0.05) is 31.8 Å². The lowest BCUT2D eigenvalue weighted by molar-refractivity contribution is -0.152. The highest BCUT2D eigenvalue weighted by atomic mass is 16.5. The summed E-state index contributed by atoms with van der Waals surface area (Å²) in [6.07, 6.45) is 4.02. The quantitative estimate of drug-likeness (QED) is 0.866. The van der Waals surface area contributed by atoms with Gasteiger partial charge in [0.1, 0.15) is 0 Å². The van der Waals surface area contributed by atoms with Crippen LogP contribution in [-0.2, 0) is 14.3 Å². The number of rotatable bonds is 6. The molecule has 0 bridgehead atoms. The average Bonchev–Trinajstić information content (AvgIpc) is 3.10. The van der Waals surface area contributed by atoms with Crippen molar-refractivity contribution in [2.45, 2.75) is 18.9 Å². The van der Waals surface area contributed by atoms with Crippen LogP contribution in [0.25, 0.3) is 5.69 Å². The Labute approximate surface area is 145 Å². The molecule has 1 fully saturated rings. The zero-order valence-corrected chi connectivity index (χ0v) is 14.0. The standard InChI is InChI=1S/C18H21N3O4/c1-25-10-9-20-16(22)8-7-15(18(23)24)17(20)13-11-19-21(12-13)14-5-3-2-4-6-14/h2-6,11-12,15,17H,7-10H2,1H3,(H,23,24)/t15-,17+/m0/s1. The van der Waals surface area contributed by atoms with Crippen molar-refractivity contribution in [2.24, 2.45) is 5.92 Å². The molecule has 3 rings (SSSR count). The Morgan fingerprint density at radius 2 is 2.12 bits per heavy atom. The number of ether oxygens (including phenoxy) is 1. The van der Waals surface area contributed by atoms with Gasteiger partial charge in [-0.2, -0.15) is 5.10 Å². The Hall–Kier alpha value is -2.67. The van der Waals surface area contributed by atoms with Gasteiger partial charge in [0.25, 0.3) is 0 Å². The predicted molar refractivity (Wildman–Crippen MR) is 90.3 cm³/mol. The number of carboxylic acids is 1. The number of para-hydroxylation sites is 1. The van der Waals surface area contributed by atoms with Crippen molar-refractivity contribution in [1.29, 1.82) is 0 Å². The van der Waals surface area contributed by atoms with Crippen LogP contribution in [0.5, 0.6) is 0 Å². The molecule has 1 N–H and O–H groups in total. The van der Waals surface area contributed by atoms with Crippen LogP contribution in [-0.4, -0.2) is 51.9 Å². The SMILES string of the molecule is COCCN1C(=O)CC[C@H](C(=O)O)[C@H]1c1cnn(-c2ccccc2)c1. The average molecular weight is 343 g/mol. The molecule has 1 aromatic carbocycles. The number of carbonyl (C=O) groups is 2. The van der Waals surface area contributed by atoms with Gasteiger partial charge in [-0.1, -0.05) is 18.2 Å². The normalized spacial score (nSPS) is 20.7. The first-order chi connectivity index (χ1) is 12.1. The molecule has 2 atom stereocenters. The molecule has 1 amide bonds. The van der Waals surface area contributed by atoms with Crippen LogP contribution in [0.2, 0.25) is 0 Å². The maximum Gasteiger partial charge on any atom is 0.308 e. The van der Waals surface area contributed by atoms with Crippen LogP contribution in [0.4, 0.5) is 0 Å². The largest absolute Gasteiger partial charge is 0.481 e. The molecule has 2 aromatic rings. The van der Waals surface area contributed by atoms with Crippen molar-refractivity contribution < 1.29 is 19.4 Å². The highest BCUT2D eigenvalue weighted by molar-refractivity contribution is 5.81. The first kappa shape index (κ1) is 17.2. The van der Waals surface area contributed by atoms with Crippen LogP contribution >= 0.6 is 0 Å². The molecule has 1 saturated heterocycles. The second kappa shape index (κ2) is 7.48. The van der Waals surface area contributed by atoms with Crippen LogP contribution < -0.4 is 0 Å². The number of likely N-dealkylation sites (tertiary alicyclic amines) is 1. The van der Waals surface area contributed by atoms with Crippen molar-refractivity contribution in [1.82, 2.24) is 14.7 Å². The van der Waals surface area contributed by atoms with Gasteiger partial charge in [0.15, 0.2) is 0 Å². The number of hydrogen-bond acceptors (Lipinski definition) is 4. The zero-order valence-electron chi connectivity index (χ0n) is 14.0. The summed E-state index contributed by atoms with van der Waals surface area (Å²) < 4.78 is 6.78. The molecule has 7 heteroatoms. The zero-order chi connectivity index (χ0) is 17.8. The van der Waals surface area contributed by atoms with Crippen molar-refractivity contribution in [2.75, 3.05) is 20.3 Å². The summed E-state index contributed by atoms with van der Waals surface area (Å²) >= 11 is 0. The highest BCUT2D eigenvalue weighted by Gasteiger charge is 2.41. The first-order valence-electron chi connectivity index (χ1n) is 8.23. The molecule has 7 nitrogen and oxygen atoms in total. The molecule has 1 aromatic heterocycles. The molecule has 0 unspecified atom stereocenters. The fraction of sp³-hybridized carbons (Fsp3) is 0.389. The maximum absolute atomic E-state index is 12.4. The number of carbonyl (C=O) groups excluding carboxylic acids is 1. The van der Waals surface area contributed by atoms with Crippen LogP contribution in [0.1, 0.15) is 24.4 Å². The van der Waals surface area contributed by atoms with Crippen molar-refractivity contribution in [3.8, 4) is 5.69 Å². The second-order valence-corrected chi connectivity index (χ2v) is 6.06. The summed E-state index contributed by atoms with van der Waals surface area (Å²) in [6.45, 7) is 0.724. The number of nitrogens with zero attached hydrogens (tertiary/aromatic N) is 3. The van der Waals surface area contributed by atoms with Crippen molar-refractivity contribution in [3.05, 3.63) is 48.3 Å². The Morgan fingerprint density at radius 1 is 1.36 bits per heavy atom. The minimum atomic E-state index is -0.896. The highest BCUT2D eigenvalue weighted by Crippen LogP contribution is 2.36. The summed E-state index contributed by atoms with van der Waals surface area (Å²) in [4.78, 5) is 25.7. The van der Waals surface area contributed by atoms with Gasteiger partial charge < -0.3 is 14.7 Å². The Kier molecular flexibility index (Phi) is 5.14. The predicted octanol–water partition coefficient (Wildman–Crippen LogP) is 1.88. The Morgan fingerprint density at radius 3 is 2.80 bits per heavy atom. The van der Waals surface area contributed by atoms with Gasteiger partial charge in [-0.25, -0.2) is 4.68 Å². The summed E-state index contributed by atoms with van der Waals surface area (Å²) in [5.74, 6) is -1.60. The van der Waals surface area contributed by atoms with Gasteiger partial charge in [-0.15, -0.1) is 0 Å². The number of amides is 1. The number of benzene rings is 1. The van der Waals surface area contributed by atoms with Gasteiger partial charge in [0.2, 0.25) is 5.91 Å². The molecule has 0 spiro atoms. The molecular weight excluding hydrogens is 322 g/mol. The van der Waals surface area contributed by atoms with E-state index in [1.165, 1.54) is 0 Å². The number of methoxy groups -OCH3 is 1. The van der Waals surface area contributed by atoms with Crippen LogP contribution in [0.15, 0.2) is 42.7 Å². The van der Waals surface area contributed by atoms with E-state index in [2.05, 4.69) is 5.10 Å². The van der Waals surface area contributed by atoms with E-state index in [1.54, 1.807) is 29.1 Å². The lowest BCUT2D eigenvalue weighted by Crippen LogP contribution is -2.46. The van der Waals surface area contributed by atoms with E-state index in [1.807, 2.05) is 30.3 Å². The number of piperidine rings is 1. The van der Waals surface area contributed by atoms with Gasteiger partial charge >= 0.3 is 5.97 Å². The lowest BCUT2D eigenvalue weighted by atomic mass is 9.85. The maximum atomic E-state index is 12.4. The third kappa shape index (κ3) is 3.56. The number of carboxylic acid groups (broad SMARTS) is 1. The molecule has 132 valence electrons. The molecule has 1 aliphatic heterocycles. The molecule has 0 aliphatic carbocycles. The summed E-state index contributed by atoms with van der Waals surface area (Å²) in [6, 6.07) is 9.03. The first-order valence-corrected chi connectivity index (χ1v) is 8.23. The number of aromatic nitrogens is 2. The van der Waals surface area contributed by atoms with Gasteiger partial charge in [-0.05, 0) is 18.6 Å². The molecule has 2 heterocycles. The summed E-state index contributed by atoms with van der Waals surface area (Å²) in [7, 11) is 1.56. The molecule has 25 heavy (non-hydrogen) atoms. The number of aliphatic carboxylic acids is 1. The monoisotopic (exact) mass is 343 g/mol. The fourth-order valence-corrected chi connectivity index (χ4v) is 3.29. The van der Waals surface area contributed by atoms with E-state index >= 15 is 0 Å². The van der Waals surface area contributed by atoms with Crippen molar-refractivity contribution >= 4 is 11.9 Å². The Balaban J connectivity index is 1.95. The lowest BCUT2D eigenvalue weighted by Gasteiger charge is -2.39. The van der Waals surface area contributed by atoms with E-state index in [0.29, 0.717) is 19.6 Å². The summed E-state index contributed by atoms with van der Waals surface area (Å²) in [5.41, 5.74) is 1.60. The van der Waals surface area contributed by atoms with Crippen LogP contribution in [0, 0.1) is 5.92 Å². The molecule has 1 aliphatic rings. The fourth-order valence-electron chi connectivity index (χ4n) is 3.29. The van der Waals surface area contributed by atoms with E-state index in [0.717, 1.165) is 11.3 Å². The topological polar surface area (TPSA) is 84.7 Å². The minimum Gasteiger partial charge on any atom is -0.481 e. The molecule has 0 radical (unpaired) electrons. The van der Waals surface area contributed by atoms with E-state index in [4.69, 9.17) is 4.74 Å². The smallest absolute Gasteiger partial charge is 0.308 e. The summed E-state index contributed by atoms with van der Waals surface area (Å²) in [5, 5.41) is 14.0. The second-order valence-electron chi connectivity index (χ2n) is 6.06. The van der Waals surface area contributed by atoms with Gasteiger partial charge in [-0.3, -0.25) is 9.59 Å². The van der Waals surface area contributed by atoms with E-state index in [9.17, 15) is 14.7 Å². The number of hydrogen-bond donors (Lipinski definition) is 1. The van der Waals surface area contributed by atoms with Gasteiger partial charge in [0.05, 0.1) is 30.5 Å². The minimum absolute atomic E-state index is 0.0491. The Bertz CT molecular complexity index is 744. The van der Waals surface area contributed by atoms with E-state index in [-0.39, 0.29) is 12.3 Å². The third-order valence-corrected chi connectivity index (χ3v) is 4.52.